The average molecular weight is 635 g/mol. The van der Waals surface area contributed by atoms with Crippen molar-refractivity contribution in [3.8, 4) is 0 Å². The van der Waals surface area contributed by atoms with Crippen LogP contribution in [-0.4, -0.2) is 66.7 Å². The number of fused-ring (bicyclic) bond motifs is 1. The van der Waals surface area contributed by atoms with E-state index >= 15 is 0 Å². The number of sulfonamides is 1. The molecule has 0 aliphatic carbocycles. The van der Waals surface area contributed by atoms with Crippen LogP contribution in [-0.2, 0) is 27.7 Å². The van der Waals surface area contributed by atoms with Gasteiger partial charge < -0.3 is 26.2 Å². The topological polar surface area (TPSA) is 148 Å². The molecule has 5 N–H and O–H groups in total. The number of aliphatic hydroxyl groups is 1. The van der Waals surface area contributed by atoms with Crippen LogP contribution in [0.2, 0.25) is 0 Å². The first-order valence-corrected chi connectivity index (χ1v) is 16.6. The van der Waals surface area contributed by atoms with Gasteiger partial charge in [0.1, 0.15) is 0 Å². The molecular formula is C34H42N4O6S. The monoisotopic (exact) mass is 634 g/mol. The number of carbonyl (C=O) groups is 2. The first kappa shape index (κ1) is 33.7. The highest BCUT2D eigenvalue weighted by Crippen LogP contribution is 2.34. The molecule has 10 nitrogen and oxygen atoms in total. The molecule has 45 heavy (non-hydrogen) atoms. The Bertz CT molecular complexity index is 1580. The summed E-state index contributed by atoms with van der Waals surface area (Å²) in [6.45, 7) is 4.17. The Balaban J connectivity index is 1.49. The summed E-state index contributed by atoms with van der Waals surface area (Å²) in [5, 5.41) is 28.9. The van der Waals surface area contributed by atoms with E-state index in [0.29, 0.717) is 23.4 Å². The second-order valence-electron chi connectivity index (χ2n) is 11.6. The summed E-state index contributed by atoms with van der Waals surface area (Å²) >= 11 is 0. The fraction of sp³-hybridized carbons (Fsp3) is 0.353. The third kappa shape index (κ3) is 9.40. The highest BCUT2D eigenvalue weighted by molar-refractivity contribution is 7.89. The number of aryl methyl sites for hydroxylation is 1. The third-order valence-corrected chi connectivity index (χ3v) is 9.40. The first-order valence-electron chi connectivity index (χ1n) is 15.2. The second-order valence-corrected chi connectivity index (χ2v) is 13.6. The Morgan fingerprint density at radius 1 is 0.956 bits per heavy atom. The van der Waals surface area contributed by atoms with E-state index in [-0.39, 0.29) is 36.2 Å². The average Bonchev–Trinajstić information content (AvgIpc) is 3.32. The van der Waals surface area contributed by atoms with Crippen molar-refractivity contribution in [3.05, 3.63) is 102 Å². The van der Waals surface area contributed by atoms with Crippen LogP contribution in [0.25, 0.3) is 5.57 Å². The van der Waals surface area contributed by atoms with E-state index in [0.717, 1.165) is 24.8 Å². The molecule has 0 spiro atoms. The molecule has 240 valence electrons. The number of hydrogen-bond donors (Lipinski definition) is 5. The Morgan fingerprint density at radius 2 is 1.62 bits per heavy atom. The molecule has 0 bridgehead atoms. The second kappa shape index (κ2) is 15.7. The predicted molar refractivity (Wildman–Crippen MR) is 175 cm³/mol. The van der Waals surface area contributed by atoms with Crippen molar-refractivity contribution < 1.29 is 28.2 Å². The lowest BCUT2D eigenvalue weighted by Gasteiger charge is -2.30. The first-order chi connectivity index (χ1) is 21.5. The number of rotatable bonds is 16. The normalized spacial score (nSPS) is 15.1. The van der Waals surface area contributed by atoms with Gasteiger partial charge in [-0.2, -0.15) is 4.31 Å². The van der Waals surface area contributed by atoms with E-state index in [2.05, 4.69) is 28.1 Å². The molecule has 4 rings (SSSR count). The summed E-state index contributed by atoms with van der Waals surface area (Å²) in [4.78, 5) is 24.3. The minimum absolute atomic E-state index is 0.0230. The molecule has 0 saturated carbocycles. The number of aliphatic hydroxyl groups excluding tert-OH is 1. The van der Waals surface area contributed by atoms with Gasteiger partial charge in [0, 0.05) is 37.1 Å². The van der Waals surface area contributed by atoms with Crippen molar-refractivity contribution in [2.24, 2.45) is 5.92 Å². The van der Waals surface area contributed by atoms with Crippen LogP contribution in [0.5, 0.6) is 0 Å². The van der Waals surface area contributed by atoms with Gasteiger partial charge in [0.15, 0.2) is 0 Å². The quantitative estimate of drug-likeness (QED) is 0.115. The van der Waals surface area contributed by atoms with Crippen LogP contribution >= 0.6 is 0 Å². The number of benzene rings is 3. The third-order valence-electron chi connectivity index (χ3n) is 7.57. The zero-order valence-electron chi connectivity index (χ0n) is 25.6. The van der Waals surface area contributed by atoms with Gasteiger partial charge in [0.05, 0.1) is 22.6 Å². The zero-order chi connectivity index (χ0) is 32.4. The smallest absolute Gasteiger partial charge is 0.404 e. The number of unbranched alkanes of at least 4 members (excludes halogenated alkanes) is 1. The van der Waals surface area contributed by atoms with Gasteiger partial charge in [-0.15, -0.1) is 0 Å². The number of anilines is 1. The number of carboxylic acid groups (broad SMARTS) is 1. The molecular weight excluding hydrogens is 592 g/mol. The lowest BCUT2D eigenvalue weighted by molar-refractivity contribution is -0.110. The van der Waals surface area contributed by atoms with Crippen LogP contribution in [0.1, 0.15) is 43.4 Å². The van der Waals surface area contributed by atoms with Crippen LogP contribution in [0.15, 0.2) is 90.0 Å². The maximum absolute atomic E-state index is 14.0. The van der Waals surface area contributed by atoms with Crippen molar-refractivity contribution in [2.75, 3.05) is 25.0 Å². The molecule has 2 unspecified atom stereocenters. The number of carbonyl (C=O) groups excluding carboxylic acids is 1. The molecule has 0 radical (unpaired) electrons. The fourth-order valence-corrected chi connectivity index (χ4v) is 6.97. The van der Waals surface area contributed by atoms with Crippen LogP contribution < -0.4 is 16.0 Å². The minimum atomic E-state index is -4.14. The Labute approximate surface area is 265 Å². The largest absolute Gasteiger partial charge is 0.465 e. The molecule has 2 atom stereocenters. The number of nitrogens with zero attached hydrogens (tertiary/aromatic N) is 1. The summed E-state index contributed by atoms with van der Waals surface area (Å²) < 4.78 is 29.1. The van der Waals surface area contributed by atoms with E-state index in [1.165, 1.54) is 22.0 Å². The van der Waals surface area contributed by atoms with Crippen LogP contribution in [0.3, 0.4) is 0 Å². The van der Waals surface area contributed by atoms with Gasteiger partial charge in [0.25, 0.3) is 5.91 Å². The predicted octanol–water partition coefficient (Wildman–Crippen LogP) is 4.48. The Morgan fingerprint density at radius 3 is 2.27 bits per heavy atom. The van der Waals surface area contributed by atoms with E-state index < -0.39 is 28.3 Å². The molecule has 2 amide bonds. The van der Waals surface area contributed by atoms with Gasteiger partial charge in [-0.25, -0.2) is 13.2 Å². The van der Waals surface area contributed by atoms with E-state index in [4.69, 9.17) is 0 Å². The molecule has 3 aromatic carbocycles. The lowest BCUT2D eigenvalue weighted by atomic mass is 10.0. The van der Waals surface area contributed by atoms with Crippen molar-refractivity contribution in [3.63, 3.8) is 0 Å². The fourth-order valence-electron chi connectivity index (χ4n) is 5.32. The summed E-state index contributed by atoms with van der Waals surface area (Å²) in [5.41, 5.74) is 3.40. The highest BCUT2D eigenvalue weighted by atomic mass is 32.2. The van der Waals surface area contributed by atoms with Crippen molar-refractivity contribution in [1.29, 1.82) is 0 Å². The molecule has 11 heteroatoms. The molecule has 0 saturated heterocycles. The minimum Gasteiger partial charge on any atom is -0.465 e. The van der Waals surface area contributed by atoms with Gasteiger partial charge >= 0.3 is 6.09 Å². The van der Waals surface area contributed by atoms with E-state index in [1.54, 1.807) is 12.3 Å². The summed E-state index contributed by atoms with van der Waals surface area (Å²) in [7, 11) is -4.14. The maximum Gasteiger partial charge on any atom is 0.404 e. The standard InChI is InChI=1S/C34H42N4O6S/c1-24(2)22-38(23-32(39)31(37-34(41)42)19-26-14-7-4-8-15-26)45(43,44)27-16-17-30-28(20-27)29(33(40)36-30)21-35-18-10-9-13-25-11-5-3-6-12-25/h3-8,11-12,14-17,20-21,24,31-32,35,37,39H,9-10,13,18-19,22-23H2,1-2H3,(H,36,40)(H,41,42). The van der Waals surface area contributed by atoms with Crippen LogP contribution in [0.4, 0.5) is 10.5 Å². The number of hydrogen-bond acceptors (Lipinski definition) is 6. The van der Waals surface area contributed by atoms with Crippen molar-refractivity contribution in [2.45, 2.75) is 56.6 Å². The van der Waals surface area contributed by atoms with Gasteiger partial charge in [-0.1, -0.05) is 74.5 Å². The van der Waals surface area contributed by atoms with Crippen molar-refractivity contribution >= 4 is 33.3 Å². The number of amides is 2. The lowest BCUT2D eigenvalue weighted by Crippen LogP contribution is -2.50. The number of nitrogens with one attached hydrogen (secondary N) is 3. The molecule has 1 aliphatic rings. The van der Waals surface area contributed by atoms with Gasteiger partial charge in [-0.05, 0) is 60.9 Å². The summed E-state index contributed by atoms with van der Waals surface area (Å²) in [5.74, 6) is -0.402. The molecule has 0 fully saturated rings. The van der Waals surface area contributed by atoms with Gasteiger partial charge in [0.2, 0.25) is 10.0 Å². The highest BCUT2D eigenvalue weighted by Gasteiger charge is 2.33. The van der Waals surface area contributed by atoms with E-state index in [9.17, 15) is 28.2 Å². The molecule has 0 aromatic heterocycles. The SMILES string of the molecule is CC(C)CN(CC(O)C(Cc1ccccc1)NC(=O)O)S(=O)(=O)c1ccc2c(c1)C(=CNCCCCc1ccccc1)C(=O)N2. The van der Waals surface area contributed by atoms with E-state index in [1.807, 2.05) is 62.4 Å². The maximum atomic E-state index is 14.0. The summed E-state index contributed by atoms with van der Waals surface area (Å²) in [6.07, 6.45) is 2.02. The Hall–Kier alpha value is -4.19. The molecule has 1 heterocycles. The molecule has 3 aromatic rings. The molecule has 1 aliphatic heterocycles. The van der Waals surface area contributed by atoms with Gasteiger partial charge in [-0.3, -0.25) is 4.79 Å². The summed E-state index contributed by atoms with van der Waals surface area (Å²) in [6, 6.07) is 22.9. The Kier molecular flexibility index (Phi) is 11.8. The van der Waals surface area contributed by atoms with Crippen LogP contribution in [0, 0.1) is 5.92 Å². The zero-order valence-corrected chi connectivity index (χ0v) is 26.5. The van der Waals surface area contributed by atoms with Crippen molar-refractivity contribution in [1.82, 2.24) is 14.9 Å².